The molecule has 0 aliphatic carbocycles. The maximum atomic E-state index is 5.06. The van der Waals surface area contributed by atoms with Crippen molar-refractivity contribution in [2.45, 2.75) is 33.7 Å². The highest BCUT2D eigenvalue weighted by atomic mass is 32.1. The Balaban J connectivity index is 1.99. The van der Waals surface area contributed by atoms with Gasteiger partial charge in [0.2, 0.25) is 0 Å². The molecule has 0 radical (unpaired) electrons. The summed E-state index contributed by atoms with van der Waals surface area (Å²) in [6.45, 7) is 11.7. The van der Waals surface area contributed by atoms with Gasteiger partial charge in [0.05, 0.1) is 12.3 Å². The monoisotopic (exact) mass is 297 g/mol. The predicted molar refractivity (Wildman–Crippen MR) is 85.6 cm³/mol. The molecule has 0 spiro atoms. The molecule has 4 nitrogen and oxygen atoms in total. The number of nitrogens with one attached hydrogen (secondary N) is 1. The predicted octanol–water partition coefficient (Wildman–Crippen LogP) is 2.53. The van der Waals surface area contributed by atoms with Crippen molar-refractivity contribution in [3.63, 3.8) is 0 Å². The topological polar surface area (TPSA) is 37.4 Å². The number of rotatable bonds is 7. The van der Waals surface area contributed by atoms with Gasteiger partial charge in [-0.05, 0) is 18.3 Å². The van der Waals surface area contributed by atoms with Crippen LogP contribution in [0.25, 0.3) is 0 Å². The fraction of sp³-hybridized carbons (Fsp3) is 0.800. The molecular formula is C15H27N3OS. The van der Waals surface area contributed by atoms with Crippen molar-refractivity contribution >= 4 is 16.5 Å². The summed E-state index contributed by atoms with van der Waals surface area (Å²) >= 11 is 1.85. The average molecular weight is 297 g/mol. The minimum atomic E-state index is 0.758. The Bertz CT molecular complexity index is 411. The molecular weight excluding hydrogens is 270 g/mol. The quantitative estimate of drug-likeness (QED) is 0.785. The van der Waals surface area contributed by atoms with E-state index in [1.165, 1.54) is 15.7 Å². The summed E-state index contributed by atoms with van der Waals surface area (Å²) in [5, 5.41) is 4.64. The lowest BCUT2D eigenvalue weighted by molar-refractivity contribution is 0.199. The van der Waals surface area contributed by atoms with Gasteiger partial charge in [-0.3, -0.25) is 0 Å². The molecule has 1 N–H and O–H groups in total. The second-order valence-electron chi connectivity index (χ2n) is 5.75. The maximum absolute atomic E-state index is 5.06. The van der Waals surface area contributed by atoms with Crippen LogP contribution in [0.1, 0.15) is 31.3 Å². The second-order valence-corrected chi connectivity index (χ2v) is 6.81. The Morgan fingerprint density at radius 2 is 2.05 bits per heavy atom. The van der Waals surface area contributed by atoms with Gasteiger partial charge in [0.15, 0.2) is 5.13 Å². The van der Waals surface area contributed by atoms with Crippen LogP contribution in [0.3, 0.4) is 0 Å². The van der Waals surface area contributed by atoms with Crippen molar-refractivity contribution in [2.75, 3.05) is 38.3 Å². The van der Waals surface area contributed by atoms with Crippen molar-refractivity contribution in [2.24, 2.45) is 11.8 Å². The molecule has 114 valence electrons. The summed E-state index contributed by atoms with van der Waals surface area (Å²) in [5.74, 6) is 1.54. The molecule has 1 aromatic heterocycles. The lowest BCUT2D eigenvalue weighted by Gasteiger charge is -2.13. The number of anilines is 1. The van der Waals surface area contributed by atoms with Gasteiger partial charge in [0, 0.05) is 38.2 Å². The van der Waals surface area contributed by atoms with Gasteiger partial charge in [0.25, 0.3) is 0 Å². The van der Waals surface area contributed by atoms with E-state index < -0.39 is 0 Å². The lowest BCUT2D eigenvalue weighted by Crippen LogP contribution is -2.19. The van der Waals surface area contributed by atoms with Crippen LogP contribution in [0.2, 0.25) is 0 Å². The van der Waals surface area contributed by atoms with Crippen molar-refractivity contribution in [3.05, 3.63) is 10.6 Å². The Morgan fingerprint density at radius 3 is 2.65 bits per heavy atom. The molecule has 0 bridgehead atoms. The van der Waals surface area contributed by atoms with Crippen LogP contribution >= 0.6 is 11.3 Å². The molecule has 1 fully saturated rings. The molecule has 1 saturated heterocycles. The SMILES string of the molecule is CCc1nc(N2CC(C)C(C)C2)sc1CNCCOC. The van der Waals surface area contributed by atoms with E-state index in [0.29, 0.717) is 0 Å². The molecule has 0 amide bonds. The first-order valence-corrected chi connectivity index (χ1v) is 8.40. The summed E-state index contributed by atoms with van der Waals surface area (Å²) < 4.78 is 5.06. The van der Waals surface area contributed by atoms with Gasteiger partial charge in [-0.1, -0.05) is 20.8 Å². The third kappa shape index (κ3) is 3.71. The summed E-state index contributed by atoms with van der Waals surface area (Å²) in [4.78, 5) is 8.69. The minimum Gasteiger partial charge on any atom is -0.383 e. The highest BCUT2D eigenvalue weighted by Crippen LogP contribution is 2.32. The zero-order valence-corrected chi connectivity index (χ0v) is 13.9. The van der Waals surface area contributed by atoms with E-state index in [-0.39, 0.29) is 0 Å². The van der Waals surface area contributed by atoms with Crippen LogP contribution in [-0.2, 0) is 17.7 Å². The molecule has 5 heteroatoms. The van der Waals surface area contributed by atoms with Crippen LogP contribution in [0.4, 0.5) is 5.13 Å². The first-order chi connectivity index (χ1) is 9.65. The fourth-order valence-electron chi connectivity index (χ4n) is 2.58. The van der Waals surface area contributed by atoms with E-state index >= 15 is 0 Å². The first kappa shape index (κ1) is 15.7. The summed E-state index contributed by atoms with van der Waals surface area (Å²) in [7, 11) is 1.74. The van der Waals surface area contributed by atoms with Crippen molar-refractivity contribution < 1.29 is 4.74 Å². The molecule has 2 heterocycles. The van der Waals surface area contributed by atoms with Crippen LogP contribution in [0.5, 0.6) is 0 Å². The third-order valence-electron chi connectivity index (χ3n) is 4.13. The molecule has 1 aliphatic rings. The molecule has 20 heavy (non-hydrogen) atoms. The molecule has 0 saturated carbocycles. The third-order valence-corrected chi connectivity index (χ3v) is 5.29. The second kappa shape index (κ2) is 7.38. The number of ether oxygens (including phenoxy) is 1. The number of hydrogen-bond acceptors (Lipinski definition) is 5. The number of thiazole rings is 1. The highest BCUT2D eigenvalue weighted by Gasteiger charge is 2.28. The minimum absolute atomic E-state index is 0.758. The number of aryl methyl sites for hydroxylation is 1. The van der Waals surface area contributed by atoms with E-state index in [4.69, 9.17) is 9.72 Å². The number of aromatic nitrogens is 1. The molecule has 1 aliphatic heterocycles. The van der Waals surface area contributed by atoms with E-state index in [0.717, 1.165) is 51.0 Å². The standard InChI is InChI=1S/C15H27N3OS/c1-5-13-14(8-16-6-7-19-4)20-15(17-13)18-9-11(2)12(3)10-18/h11-12,16H,5-10H2,1-4H3. The molecule has 1 aromatic rings. The van der Waals surface area contributed by atoms with E-state index in [1.54, 1.807) is 7.11 Å². The summed E-state index contributed by atoms with van der Waals surface area (Å²) in [6, 6.07) is 0. The largest absolute Gasteiger partial charge is 0.383 e. The maximum Gasteiger partial charge on any atom is 0.185 e. The smallest absolute Gasteiger partial charge is 0.185 e. The fourth-order valence-corrected chi connectivity index (χ4v) is 3.72. The zero-order chi connectivity index (χ0) is 14.5. The van der Waals surface area contributed by atoms with Gasteiger partial charge in [0.1, 0.15) is 0 Å². The first-order valence-electron chi connectivity index (χ1n) is 7.58. The number of nitrogens with zero attached hydrogens (tertiary/aromatic N) is 2. The van der Waals surface area contributed by atoms with Gasteiger partial charge in [-0.2, -0.15) is 0 Å². The van der Waals surface area contributed by atoms with Crippen LogP contribution < -0.4 is 10.2 Å². The van der Waals surface area contributed by atoms with Gasteiger partial charge in [-0.25, -0.2) is 4.98 Å². The van der Waals surface area contributed by atoms with E-state index in [9.17, 15) is 0 Å². The Kier molecular flexibility index (Phi) is 5.81. The van der Waals surface area contributed by atoms with E-state index in [1.807, 2.05) is 11.3 Å². The van der Waals surface area contributed by atoms with Crippen molar-refractivity contribution in [1.29, 1.82) is 0 Å². The van der Waals surface area contributed by atoms with Crippen LogP contribution in [0, 0.1) is 11.8 Å². The Labute approximate surface area is 126 Å². The molecule has 2 rings (SSSR count). The zero-order valence-electron chi connectivity index (χ0n) is 13.1. The average Bonchev–Trinajstić information content (AvgIpc) is 2.99. The van der Waals surface area contributed by atoms with Crippen LogP contribution in [0.15, 0.2) is 0 Å². The molecule has 2 unspecified atom stereocenters. The molecule has 2 atom stereocenters. The Hall–Kier alpha value is -0.650. The summed E-state index contributed by atoms with van der Waals surface area (Å²) in [6.07, 6.45) is 1.01. The van der Waals surface area contributed by atoms with Gasteiger partial charge in [-0.15, -0.1) is 11.3 Å². The Morgan fingerprint density at radius 1 is 1.35 bits per heavy atom. The van der Waals surface area contributed by atoms with Crippen molar-refractivity contribution in [3.8, 4) is 0 Å². The highest BCUT2D eigenvalue weighted by molar-refractivity contribution is 7.15. The van der Waals surface area contributed by atoms with Crippen LogP contribution in [-0.4, -0.2) is 38.3 Å². The normalized spacial score (nSPS) is 22.7. The van der Waals surface area contributed by atoms with E-state index in [2.05, 4.69) is 31.0 Å². The summed E-state index contributed by atoms with van der Waals surface area (Å²) in [5.41, 5.74) is 1.25. The lowest BCUT2D eigenvalue weighted by atomic mass is 10.0. The number of methoxy groups -OCH3 is 1. The molecule has 0 aromatic carbocycles. The van der Waals surface area contributed by atoms with Crippen molar-refractivity contribution in [1.82, 2.24) is 10.3 Å². The van der Waals surface area contributed by atoms with Gasteiger partial charge >= 0.3 is 0 Å². The van der Waals surface area contributed by atoms with Gasteiger partial charge < -0.3 is 15.0 Å². The number of hydrogen-bond donors (Lipinski definition) is 1.